The zero-order valence-corrected chi connectivity index (χ0v) is 11.0. The number of nitrogens with zero attached hydrogens (tertiary/aromatic N) is 2. The topological polar surface area (TPSA) is 25.8 Å². The lowest BCUT2D eigenvalue weighted by molar-refractivity contribution is 0.929. The molecule has 0 aliphatic carbocycles. The third-order valence-corrected chi connectivity index (χ3v) is 3.21. The van der Waals surface area contributed by atoms with E-state index in [9.17, 15) is 0 Å². The van der Waals surface area contributed by atoms with E-state index >= 15 is 0 Å². The second-order valence-corrected chi connectivity index (χ2v) is 4.90. The molecule has 0 atom stereocenters. The van der Waals surface area contributed by atoms with Crippen molar-refractivity contribution in [1.82, 2.24) is 10.2 Å². The van der Waals surface area contributed by atoms with E-state index in [4.69, 9.17) is 0 Å². The summed E-state index contributed by atoms with van der Waals surface area (Å²) in [7, 11) is 0. The van der Waals surface area contributed by atoms with Crippen molar-refractivity contribution >= 4 is 31.9 Å². The highest BCUT2D eigenvalue weighted by atomic mass is 79.9. The largest absolute Gasteiger partial charge is 0.158 e. The van der Waals surface area contributed by atoms with Crippen molar-refractivity contribution < 1.29 is 0 Å². The molecule has 0 radical (unpaired) electrons. The molecule has 2 aromatic rings. The lowest BCUT2D eigenvalue weighted by Crippen LogP contribution is -1.94. The number of aromatic nitrogens is 2. The fourth-order valence-electron chi connectivity index (χ4n) is 1.31. The van der Waals surface area contributed by atoms with Crippen LogP contribution in [0.2, 0.25) is 0 Å². The summed E-state index contributed by atoms with van der Waals surface area (Å²) < 4.78 is 2.06. The first-order valence-corrected chi connectivity index (χ1v) is 6.05. The van der Waals surface area contributed by atoms with Crippen LogP contribution in [0.25, 0.3) is 0 Å². The van der Waals surface area contributed by atoms with E-state index in [1.54, 1.807) is 6.20 Å². The Kier molecular flexibility index (Phi) is 3.49. The molecule has 0 aliphatic rings. The Morgan fingerprint density at radius 2 is 1.93 bits per heavy atom. The predicted octanol–water partition coefficient (Wildman–Crippen LogP) is 3.59. The van der Waals surface area contributed by atoms with E-state index in [0.29, 0.717) is 0 Å². The molecule has 4 heteroatoms. The van der Waals surface area contributed by atoms with Gasteiger partial charge in [-0.25, -0.2) is 0 Å². The molecule has 0 saturated carbocycles. The maximum absolute atomic E-state index is 4.08. The minimum Gasteiger partial charge on any atom is -0.158 e. The summed E-state index contributed by atoms with van der Waals surface area (Å²) in [5.74, 6) is 0. The number of rotatable bonds is 2. The number of benzene rings is 1. The Labute approximate surface area is 105 Å². The van der Waals surface area contributed by atoms with Gasteiger partial charge in [-0.15, -0.1) is 0 Å². The van der Waals surface area contributed by atoms with Crippen LogP contribution >= 0.6 is 31.9 Å². The molecule has 0 aliphatic heterocycles. The van der Waals surface area contributed by atoms with Gasteiger partial charge in [-0.3, -0.25) is 0 Å². The molecule has 2 nitrogen and oxygen atoms in total. The second-order valence-electron chi connectivity index (χ2n) is 3.13. The van der Waals surface area contributed by atoms with Crippen LogP contribution in [0.3, 0.4) is 0 Å². The van der Waals surface area contributed by atoms with Gasteiger partial charge in [-0.05, 0) is 33.6 Å². The maximum Gasteiger partial charge on any atom is 0.0686 e. The molecule has 0 bridgehead atoms. The molecule has 0 unspecified atom stereocenters. The molecule has 0 saturated heterocycles. The molecule has 76 valence electrons. The van der Waals surface area contributed by atoms with E-state index < -0.39 is 0 Å². The maximum atomic E-state index is 4.08. The smallest absolute Gasteiger partial charge is 0.0686 e. The van der Waals surface area contributed by atoms with Crippen LogP contribution in [0.4, 0.5) is 0 Å². The normalized spacial score (nSPS) is 10.3. The van der Waals surface area contributed by atoms with Gasteiger partial charge in [0.2, 0.25) is 0 Å². The molecule has 0 fully saturated rings. The van der Waals surface area contributed by atoms with Gasteiger partial charge in [0.15, 0.2) is 0 Å². The molecule has 15 heavy (non-hydrogen) atoms. The van der Waals surface area contributed by atoms with Crippen LogP contribution in [0, 0.1) is 0 Å². The average molecular weight is 328 g/mol. The summed E-state index contributed by atoms with van der Waals surface area (Å²) in [6.45, 7) is 0. The average Bonchev–Trinajstić information content (AvgIpc) is 2.22. The highest BCUT2D eigenvalue weighted by Crippen LogP contribution is 2.19. The minimum absolute atomic E-state index is 0.786. The summed E-state index contributed by atoms with van der Waals surface area (Å²) in [6, 6.07) is 10.1. The SMILES string of the molecule is Brc1cnnc(Cc2ccccc2Br)c1. The van der Waals surface area contributed by atoms with Crippen molar-refractivity contribution in [2.24, 2.45) is 0 Å². The second kappa shape index (κ2) is 4.86. The number of hydrogen-bond donors (Lipinski definition) is 0. The minimum atomic E-state index is 0.786. The van der Waals surface area contributed by atoms with Crippen LogP contribution in [-0.4, -0.2) is 10.2 Å². The number of halogens is 2. The summed E-state index contributed by atoms with van der Waals surface area (Å²) in [4.78, 5) is 0. The molecular weight excluding hydrogens is 320 g/mol. The fourth-order valence-corrected chi connectivity index (χ4v) is 2.09. The van der Waals surface area contributed by atoms with Crippen molar-refractivity contribution in [3.05, 3.63) is 56.7 Å². The van der Waals surface area contributed by atoms with Crippen LogP contribution in [0.5, 0.6) is 0 Å². The van der Waals surface area contributed by atoms with Crippen molar-refractivity contribution in [2.45, 2.75) is 6.42 Å². The van der Waals surface area contributed by atoms with Gasteiger partial charge >= 0.3 is 0 Å². The van der Waals surface area contributed by atoms with Crippen molar-refractivity contribution in [1.29, 1.82) is 0 Å². The van der Waals surface area contributed by atoms with Crippen molar-refractivity contribution in [3.8, 4) is 0 Å². The lowest BCUT2D eigenvalue weighted by atomic mass is 10.1. The van der Waals surface area contributed by atoms with E-state index in [-0.39, 0.29) is 0 Å². The molecule has 1 aromatic carbocycles. The van der Waals surface area contributed by atoms with E-state index in [0.717, 1.165) is 21.1 Å². The monoisotopic (exact) mass is 326 g/mol. The summed E-state index contributed by atoms with van der Waals surface area (Å²) in [6.07, 6.45) is 2.47. The first-order valence-electron chi connectivity index (χ1n) is 4.46. The molecule has 0 N–H and O–H groups in total. The molecular formula is C11H8Br2N2. The Bertz CT molecular complexity index is 472. The lowest BCUT2D eigenvalue weighted by Gasteiger charge is -2.03. The highest BCUT2D eigenvalue weighted by Gasteiger charge is 2.02. The Morgan fingerprint density at radius 3 is 2.67 bits per heavy atom. The van der Waals surface area contributed by atoms with Crippen molar-refractivity contribution in [2.75, 3.05) is 0 Å². The fraction of sp³-hybridized carbons (Fsp3) is 0.0909. The Hall–Kier alpha value is -0.740. The third-order valence-electron chi connectivity index (χ3n) is 2.00. The first kappa shape index (κ1) is 10.8. The molecule has 0 amide bonds. The number of hydrogen-bond acceptors (Lipinski definition) is 2. The van der Waals surface area contributed by atoms with Gasteiger partial charge in [0.1, 0.15) is 0 Å². The quantitative estimate of drug-likeness (QED) is 0.842. The van der Waals surface area contributed by atoms with Gasteiger partial charge in [0, 0.05) is 15.4 Å². The van der Waals surface area contributed by atoms with E-state index in [2.05, 4.69) is 48.1 Å². The van der Waals surface area contributed by atoms with Gasteiger partial charge in [0.25, 0.3) is 0 Å². The Balaban J connectivity index is 2.26. The van der Waals surface area contributed by atoms with E-state index in [1.165, 1.54) is 5.56 Å². The zero-order chi connectivity index (χ0) is 10.7. The van der Waals surface area contributed by atoms with Crippen LogP contribution in [0.1, 0.15) is 11.3 Å². The van der Waals surface area contributed by atoms with Crippen LogP contribution < -0.4 is 0 Å². The molecule has 0 spiro atoms. The van der Waals surface area contributed by atoms with Gasteiger partial charge in [0.05, 0.1) is 11.9 Å². The summed E-state index contributed by atoms with van der Waals surface area (Å²) in [5, 5.41) is 7.97. The van der Waals surface area contributed by atoms with Gasteiger partial charge < -0.3 is 0 Å². The Morgan fingerprint density at radius 1 is 1.13 bits per heavy atom. The zero-order valence-electron chi connectivity index (χ0n) is 7.82. The molecule has 2 rings (SSSR count). The van der Waals surface area contributed by atoms with Crippen LogP contribution in [0.15, 0.2) is 45.5 Å². The van der Waals surface area contributed by atoms with E-state index in [1.807, 2.05) is 24.3 Å². The summed E-state index contributed by atoms with van der Waals surface area (Å²) >= 11 is 6.89. The molecule has 1 aromatic heterocycles. The first-order chi connectivity index (χ1) is 7.25. The predicted molar refractivity (Wildman–Crippen MR) is 66.7 cm³/mol. The third kappa shape index (κ3) is 2.86. The highest BCUT2D eigenvalue weighted by molar-refractivity contribution is 9.10. The molecule has 1 heterocycles. The standard InChI is InChI=1S/C11H8Br2N2/c12-9-6-10(15-14-7-9)5-8-3-1-2-4-11(8)13/h1-4,6-7H,5H2. The van der Waals surface area contributed by atoms with Gasteiger partial charge in [-0.2, -0.15) is 10.2 Å². The van der Waals surface area contributed by atoms with Crippen LogP contribution in [-0.2, 0) is 6.42 Å². The summed E-state index contributed by atoms with van der Waals surface area (Å²) in [5.41, 5.74) is 2.17. The van der Waals surface area contributed by atoms with Gasteiger partial charge in [-0.1, -0.05) is 34.1 Å². The van der Waals surface area contributed by atoms with Crippen molar-refractivity contribution in [3.63, 3.8) is 0 Å².